The lowest BCUT2D eigenvalue weighted by atomic mass is 9.73. The van der Waals surface area contributed by atoms with E-state index in [1.165, 1.54) is 44.9 Å². The van der Waals surface area contributed by atoms with E-state index in [1.807, 2.05) is 30.3 Å². The summed E-state index contributed by atoms with van der Waals surface area (Å²) in [4.78, 5) is 63.3. The van der Waals surface area contributed by atoms with Gasteiger partial charge in [0.25, 0.3) is 0 Å². The molecule has 6 atom stereocenters. The van der Waals surface area contributed by atoms with Gasteiger partial charge < -0.3 is 41.5 Å². The van der Waals surface area contributed by atoms with E-state index < -0.39 is 59.4 Å². The molecule has 0 spiro atoms. The van der Waals surface area contributed by atoms with Gasteiger partial charge in [0.15, 0.2) is 17.7 Å². The second-order valence-corrected chi connectivity index (χ2v) is 14.1. The van der Waals surface area contributed by atoms with Crippen molar-refractivity contribution in [3.05, 3.63) is 71.0 Å². The highest BCUT2D eigenvalue weighted by Gasteiger charge is 2.45. The summed E-state index contributed by atoms with van der Waals surface area (Å²) in [5.74, 6) is -4.11. The number of aromatic nitrogens is 4. The van der Waals surface area contributed by atoms with E-state index in [-0.39, 0.29) is 59.9 Å². The van der Waals surface area contributed by atoms with Crippen LogP contribution >= 0.6 is 0 Å². The molecule has 2 aliphatic rings. The van der Waals surface area contributed by atoms with E-state index in [4.69, 9.17) is 10.5 Å². The van der Waals surface area contributed by atoms with Crippen LogP contribution in [0.3, 0.4) is 0 Å². The number of anilines is 1. The summed E-state index contributed by atoms with van der Waals surface area (Å²) < 4.78 is 7.65. The highest BCUT2D eigenvalue weighted by Crippen LogP contribution is 2.39. The summed E-state index contributed by atoms with van der Waals surface area (Å²) in [6.45, 7) is 6.93. The van der Waals surface area contributed by atoms with Gasteiger partial charge in [0.2, 0.25) is 17.5 Å². The quantitative estimate of drug-likeness (QED) is 0.0875. The van der Waals surface area contributed by atoms with Crippen molar-refractivity contribution in [3.63, 3.8) is 0 Å². The Morgan fingerprint density at radius 2 is 1.73 bits per heavy atom. The second-order valence-electron chi connectivity index (χ2n) is 14.1. The molecule has 52 heavy (non-hydrogen) atoms. The van der Waals surface area contributed by atoms with Crippen LogP contribution in [0.25, 0.3) is 11.2 Å². The Balaban J connectivity index is 1.28. The molecule has 0 radical (unpaired) electrons. The van der Waals surface area contributed by atoms with E-state index in [1.54, 1.807) is 0 Å². The Bertz CT molecular complexity index is 1910. The number of hydrogen-bond donors (Lipinski definition) is 7. The van der Waals surface area contributed by atoms with Gasteiger partial charge in [0, 0.05) is 24.0 Å². The molecular formula is C36H45N7O9. The number of rotatable bonds is 15. The Morgan fingerprint density at radius 1 is 1.02 bits per heavy atom. The van der Waals surface area contributed by atoms with Crippen LogP contribution in [0.4, 0.5) is 5.82 Å². The highest BCUT2D eigenvalue weighted by atomic mass is 16.6. The average Bonchev–Trinajstić information content (AvgIpc) is 3.65. The van der Waals surface area contributed by atoms with Crippen molar-refractivity contribution in [2.24, 2.45) is 11.3 Å². The first-order valence-electron chi connectivity index (χ1n) is 17.0. The summed E-state index contributed by atoms with van der Waals surface area (Å²) >= 11 is 0. The van der Waals surface area contributed by atoms with Crippen molar-refractivity contribution in [1.82, 2.24) is 30.2 Å². The number of hydrogen-bond acceptors (Lipinski definition) is 13. The fraction of sp³-hybridized carbons (Fsp3) is 0.472. The Morgan fingerprint density at radius 3 is 2.42 bits per heavy atom. The predicted octanol–water partition coefficient (Wildman–Crippen LogP) is 1.89. The summed E-state index contributed by atoms with van der Waals surface area (Å²) in [5.41, 5.74) is 6.47. The van der Waals surface area contributed by atoms with Crippen LogP contribution in [0.1, 0.15) is 65.2 Å². The number of nitrogens with two attached hydrogens (primary N) is 1. The minimum absolute atomic E-state index is 0.00272. The number of nitrogens with zero attached hydrogens (tertiary/aromatic N) is 4. The fourth-order valence-corrected chi connectivity index (χ4v) is 6.81. The van der Waals surface area contributed by atoms with Gasteiger partial charge in [-0.15, -0.1) is 0 Å². The van der Waals surface area contributed by atoms with Crippen LogP contribution < -0.4 is 16.4 Å². The number of carbonyl (C=O) groups is 4. The number of ether oxygens (including phenoxy) is 1. The zero-order valence-corrected chi connectivity index (χ0v) is 29.4. The molecule has 2 aromatic heterocycles. The predicted molar refractivity (Wildman–Crippen MR) is 187 cm³/mol. The van der Waals surface area contributed by atoms with Gasteiger partial charge in [0.05, 0.1) is 18.0 Å². The number of carboxylic acids is 1. The molecule has 278 valence electrons. The molecule has 2 unspecified atom stereocenters. The lowest BCUT2D eigenvalue weighted by molar-refractivity contribution is -0.142. The number of aliphatic hydroxyl groups excluding tert-OH is 3. The number of benzene rings is 1. The van der Waals surface area contributed by atoms with Gasteiger partial charge in [0.1, 0.15) is 35.9 Å². The summed E-state index contributed by atoms with van der Waals surface area (Å²) in [7, 11) is 0. The molecule has 3 aromatic rings. The molecule has 1 aromatic carbocycles. The van der Waals surface area contributed by atoms with Crippen LogP contribution in [-0.2, 0) is 30.5 Å². The summed E-state index contributed by atoms with van der Waals surface area (Å²) in [6.07, 6.45) is -1.72. The highest BCUT2D eigenvalue weighted by molar-refractivity contribution is 6.50. The number of imidazole rings is 1. The molecule has 16 heteroatoms. The Hall–Kier alpha value is -5.03. The number of ketones is 2. The van der Waals surface area contributed by atoms with Crippen LogP contribution in [0.2, 0.25) is 0 Å². The third-order valence-corrected chi connectivity index (χ3v) is 9.87. The molecule has 3 heterocycles. The standard InChI is InChI=1S/C36H45N7O9/c1-18-19(2)28(46)30(48)25(27(18)45)36(3,4)13-24(44)42-22(35(50)51)11-10-21(15-38-14-20-8-6-5-7-9-20)12-23-29(47)31(49)34(52-23)43-17-41-26-32(37)39-16-40-33(26)43/h5-9,16-17,21-23,29,31,34,38,45,47,49H,10-15H2,1-4H3,(H,42,44)(H,50,51)(H2,37,39,40)/t21-,22-,23+,29?,31?,34+/m0/s1. The van der Waals surface area contributed by atoms with Gasteiger partial charge in [-0.05, 0) is 56.7 Å². The first-order valence-corrected chi connectivity index (χ1v) is 17.0. The Kier molecular flexibility index (Phi) is 11.5. The molecule has 0 saturated carbocycles. The van der Waals surface area contributed by atoms with Gasteiger partial charge >= 0.3 is 5.97 Å². The number of Topliss-reactive ketones (excluding diaryl/α,β-unsaturated/α-hetero) is 2. The molecule has 1 aliphatic heterocycles. The number of fused-ring (bicyclic) bond motifs is 1. The molecule has 1 amide bonds. The maximum absolute atomic E-state index is 13.2. The molecular weight excluding hydrogens is 674 g/mol. The first kappa shape index (κ1) is 38.2. The number of nitrogens with one attached hydrogen (secondary N) is 2. The number of aliphatic hydroxyl groups is 3. The zero-order chi connectivity index (χ0) is 37.9. The normalized spacial score (nSPS) is 22.3. The van der Waals surface area contributed by atoms with Crippen LogP contribution in [0.15, 0.2) is 65.5 Å². The van der Waals surface area contributed by atoms with E-state index >= 15 is 0 Å². The first-order chi connectivity index (χ1) is 24.6. The number of allylic oxidation sites excluding steroid dienone is 3. The third kappa shape index (κ3) is 8.04. The maximum Gasteiger partial charge on any atom is 0.326 e. The monoisotopic (exact) mass is 719 g/mol. The second kappa shape index (κ2) is 15.7. The van der Waals surface area contributed by atoms with E-state index in [0.29, 0.717) is 24.3 Å². The van der Waals surface area contributed by atoms with Crippen molar-refractivity contribution in [1.29, 1.82) is 0 Å². The molecule has 8 N–H and O–H groups in total. The number of aliphatic carboxylic acids is 1. The van der Waals surface area contributed by atoms with Crippen molar-refractivity contribution in [2.45, 2.75) is 90.5 Å². The van der Waals surface area contributed by atoms with Gasteiger partial charge in [-0.3, -0.25) is 19.0 Å². The number of nitrogen functional groups attached to an aromatic ring is 1. The minimum Gasteiger partial charge on any atom is -0.507 e. The van der Waals surface area contributed by atoms with Crippen molar-refractivity contribution >= 4 is 40.4 Å². The number of carboxylic acid groups (broad SMARTS) is 1. The van der Waals surface area contributed by atoms with E-state index in [0.717, 1.165) is 5.56 Å². The molecule has 0 bridgehead atoms. The maximum atomic E-state index is 13.2. The van der Waals surface area contributed by atoms with Crippen molar-refractivity contribution in [2.75, 3.05) is 12.3 Å². The van der Waals surface area contributed by atoms with Crippen molar-refractivity contribution in [3.8, 4) is 0 Å². The fourth-order valence-electron chi connectivity index (χ4n) is 6.81. The van der Waals surface area contributed by atoms with Gasteiger partial charge in [-0.2, -0.15) is 0 Å². The number of carbonyl (C=O) groups excluding carboxylic acids is 3. The molecule has 1 saturated heterocycles. The number of amides is 1. The SMILES string of the molecule is CC1=C(C)C(O)=C(C(C)(C)CC(=O)N[C@@H](CC[C@H](CNCc2ccccc2)C[C@H]2O[C@@H](n3cnc4c(N)ncnc43)C(O)C2O)C(=O)O)C(=O)C1=O. The molecule has 16 nitrogen and oxygen atoms in total. The van der Waals surface area contributed by atoms with E-state index in [2.05, 4.69) is 25.6 Å². The van der Waals surface area contributed by atoms with Crippen LogP contribution in [0, 0.1) is 11.3 Å². The van der Waals surface area contributed by atoms with Gasteiger partial charge in [-0.25, -0.2) is 19.7 Å². The minimum atomic E-state index is -1.34. The molecule has 1 fully saturated rings. The zero-order valence-electron chi connectivity index (χ0n) is 29.4. The largest absolute Gasteiger partial charge is 0.507 e. The average molecular weight is 720 g/mol. The third-order valence-electron chi connectivity index (χ3n) is 9.87. The van der Waals surface area contributed by atoms with Crippen molar-refractivity contribution < 1.29 is 44.3 Å². The topological polar surface area (TPSA) is 252 Å². The van der Waals surface area contributed by atoms with E-state index in [9.17, 15) is 39.6 Å². The lowest BCUT2D eigenvalue weighted by Gasteiger charge is -2.30. The van der Waals surface area contributed by atoms with Crippen LogP contribution in [-0.4, -0.2) is 94.3 Å². The smallest absolute Gasteiger partial charge is 0.326 e. The summed E-state index contributed by atoms with van der Waals surface area (Å²) in [5, 5.41) is 48.8. The molecule has 5 rings (SSSR count). The lowest BCUT2D eigenvalue weighted by Crippen LogP contribution is -2.44. The van der Waals surface area contributed by atoms with Crippen LogP contribution in [0.5, 0.6) is 0 Å². The van der Waals surface area contributed by atoms with Gasteiger partial charge in [-0.1, -0.05) is 44.2 Å². The Labute approximate surface area is 299 Å². The summed E-state index contributed by atoms with van der Waals surface area (Å²) in [6, 6.07) is 8.34. The molecule has 1 aliphatic carbocycles.